The third kappa shape index (κ3) is 4.26. The van der Waals surface area contributed by atoms with Crippen LogP contribution >= 0.6 is 0 Å². The Labute approximate surface area is 187 Å². The molecule has 2 aliphatic rings. The lowest BCUT2D eigenvalue weighted by molar-refractivity contribution is 0.0148. The minimum atomic E-state index is -0.411. The summed E-state index contributed by atoms with van der Waals surface area (Å²) in [5, 5.41) is 11.4. The number of hydrogen-bond acceptors (Lipinski definition) is 7. The van der Waals surface area contributed by atoms with Gasteiger partial charge < -0.3 is 10.1 Å². The van der Waals surface area contributed by atoms with E-state index in [9.17, 15) is 4.79 Å². The summed E-state index contributed by atoms with van der Waals surface area (Å²) in [4.78, 5) is 23.1. The maximum Gasteiger partial charge on any atom is 0.416 e. The highest BCUT2D eigenvalue weighted by atomic mass is 16.6. The van der Waals surface area contributed by atoms with Gasteiger partial charge in [-0.25, -0.2) is 9.78 Å². The van der Waals surface area contributed by atoms with Crippen molar-refractivity contribution in [1.29, 1.82) is 0 Å². The van der Waals surface area contributed by atoms with Gasteiger partial charge in [-0.1, -0.05) is 6.07 Å². The molecule has 4 heterocycles. The molecule has 3 aromatic rings. The number of rotatable bonds is 5. The van der Waals surface area contributed by atoms with Crippen molar-refractivity contribution in [3.63, 3.8) is 0 Å². The van der Waals surface area contributed by atoms with E-state index in [1.165, 1.54) is 0 Å². The molecule has 1 aliphatic carbocycles. The van der Waals surface area contributed by atoms with E-state index < -0.39 is 5.60 Å². The number of carbonyl (C=O) groups is 1. The van der Waals surface area contributed by atoms with E-state index in [4.69, 9.17) is 4.74 Å². The Morgan fingerprint density at radius 2 is 2.03 bits per heavy atom. The average molecular weight is 431 g/mol. The maximum absolute atomic E-state index is 12.4. The van der Waals surface area contributed by atoms with Crippen LogP contribution in [0.2, 0.25) is 0 Å². The Morgan fingerprint density at radius 1 is 1.16 bits per heavy atom. The van der Waals surface area contributed by atoms with Crippen molar-refractivity contribution in [2.45, 2.75) is 38.2 Å². The summed E-state index contributed by atoms with van der Waals surface area (Å²) in [6, 6.07) is 13.6. The van der Waals surface area contributed by atoms with Crippen molar-refractivity contribution in [2.75, 3.05) is 23.3 Å². The second-order valence-electron chi connectivity index (χ2n) is 8.64. The quantitative estimate of drug-likeness (QED) is 0.647. The predicted octanol–water partition coefficient (Wildman–Crippen LogP) is 4.24. The van der Waals surface area contributed by atoms with Gasteiger partial charge in [-0.15, -0.1) is 5.10 Å². The van der Waals surface area contributed by atoms with E-state index in [1.54, 1.807) is 23.2 Å². The van der Waals surface area contributed by atoms with Crippen LogP contribution in [-0.4, -0.2) is 44.9 Å². The normalized spacial score (nSPS) is 22.7. The molecule has 2 fully saturated rings. The van der Waals surface area contributed by atoms with Crippen LogP contribution in [0.3, 0.4) is 0 Å². The van der Waals surface area contributed by atoms with Crippen molar-refractivity contribution in [3.05, 3.63) is 60.6 Å². The first kappa shape index (κ1) is 20.4. The number of aromatic nitrogens is 4. The van der Waals surface area contributed by atoms with E-state index >= 15 is 0 Å². The average Bonchev–Trinajstić information content (AvgIpc) is 3.15. The van der Waals surface area contributed by atoms with Crippen LogP contribution in [0.15, 0.2) is 54.9 Å². The zero-order valence-corrected chi connectivity index (χ0v) is 18.1. The molecule has 0 radical (unpaired) electrons. The number of aryl methyl sites for hydroxylation is 1. The van der Waals surface area contributed by atoms with Crippen molar-refractivity contribution in [1.82, 2.24) is 20.2 Å². The minimum absolute atomic E-state index is 0.325. The Bertz CT molecular complexity index is 1080. The zero-order chi connectivity index (χ0) is 22.0. The van der Waals surface area contributed by atoms with Crippen LogP contribution < -0.4 is 10.2 Å². The summed E-state index contributed by atoms with van der Waals surface area (Å²) in [6.45, 7) is 3.38. The standard InChI is InChI=1S/C24H26N6O2/c1-17-4-2-5-20(28-17)19-7-8-21(26-15-19)25-14-18-9-11-24(12-10-18)16-30(23(31)32-24)22-6-3-13-27-29-22/h2-8,13,15,18H,9-12,14,16H2,1H3,(H,25,26)/t18-,24-. The Kier molecular flexibility index (Phi) is 5.43. The third-order valence-corrected chi connectivity index (χ3v) is 6.34. The maximum atomic E-state index is 12.4. The molecule has 164 valence electrons. The predicted molar refractivity (Wildman–Crippen MR) is 121 cm³/mol. The van der Waals surface area contributed by atoms with Gasteiger partial charge in [0, 0.05) is 30.2 Å². The highest BCUT2D eigenvalue weighted by Gasteiger charge is 2.48. The highest BCUT2D eigenvalue weighted by molar-refractivity contribution is 5.89. The number of anilines is 2. The van der Waals surface area contributed by atoms with Crippen LogP contribution in [0.4, 0.5) is 16.4 Å². The smallest absolute Gasteiger partial charge is 0.416 e. The van der Waals surface area contributed by atoms with E-state index in [2.05, 4.69) is 25.5 Å². The second kappa shape index (κ2) is 8.53. The number of hydrogen-bond donors (Lipinski definition) is 1. The molecule has 0 bridgehead atoms. The molecule has 1 aliphatic heterocycles. The fourth-order valence-electron chi connectivity index (χ4n) is 4.51. The first-order valence-electron chi connectivity index (χ1n) is 11.0. The molecule has 1 N–H and O–H groups in total. The fourth-order valence-corrected chi connectivity index (χ4v) is 4.51. The van der Waals surface area contributed by atoms with Gasteiger partial charge in [-0.3, -0.25) is 9.88 Å². The van der Waals surface area contributed by atoms with Gasteiger partial charge >= 0.3 is 6.09 Å². The lowest BCUT2D eigenvalue weighted by Crippen LogP contribution is -2.39. The molecule has 1 saturated carbocycles. The molecule has 5 rings (SSSR count). The highest BCUT2D eigenvalue weighted by Crippen LogP contribution is 2.40. The van der Waals surface area contributed by atoms with Gasteiger partial charge in [0.2, 0.25) is 0 Å². The molecule has 1 spiro atoms. The second-order valence-corrected chi connectivity index (χ2v) is 8.64. The summed E-state index contributed by atoms with van der Waals surface area (Å²) in [5.74, 6) is 1.93. The topological polar surface area (TPSA) is 93.1 Å². The van der Waals surface area contributed by atoms with Gasteiger partial charge in [-0.2, -0.15) is 5.10 Å². The van der Waals surface area contributed by atoms with Crippen LogP contribution in [0.5, 0.6) is 0 Å². The minimum Gasteiger partial charge on any atom is -0.441 e. The molecule has 3 aromatic heterocycles. The lowest BCUT2D eigenvalue weighted by Gasteiger charge is -2.35. The van der Waals surface area contributed by atoms with Gasteiger partial charge in [-0.05, 0) is 74.9 Å². The number of carbonyl (C=O) groups excluding carboxylic acids is 1. The lowest BCUT2D eigenvalue weighted by atomic mass is 9.78. The molecule has 0 atom stereocenters. The zero-order valence-electron chi connectivity index (χ0n) is 18.1. The van der Waals surface area contributed by atoms with Crippen LogP contribution in [-0.2, 0) is 4.74 Å². The van der Waals surface area contributed by atoms with Crippen LogP contribution in [0.25, 0.3) is 11.3 Å². The molecule has 8 nitrogen and oxygen atoms in total. The first-order chi connectivity index (χ1) is 15.6. The largest absolute Gasteiger partial charge is 0.441 e. The van der Waals surface area contributed by atoms with Gasteiger partial charge in [0.25, 0.3) is 0 Å². The molecule has 1 amide bonds. The number of pyridine rings is 2. The molecule has 0 aromatic carbocycles. The van der Waals surface area contributed by atoms with Crippen molar-refractivity contribution < 1.29 is 9.53 Å². The van der Waals surface area contributed by atoms with E-state index in [1.807, 2.05) is 43.5 Å². The van der Waals surface area contributed by atoms with Crippen LogP contribution in [0, 0.1) is 12.8 Å². The van der Waals surface area contributed by atoms with Crippen molar-refractivity contribution in [2.24, 2.45) is 5.92 Å². The number of nitrogens with one attached hydrogen (secondary N) is 1. The van der Waals surface area contributed by atoms with E-state index in [0.717, 1.165) is 55.0 Å². The molecule has 1 saturated heterocycles. The summed E-state index contributed by atoms with van der Waals surface area (Å²) in [5.41, 5.74) is 2.52. The fraction of sp³-hybridized carbons (Fsp3) is 0.375. The molecular weight excluding hydrogens is 404 g/mol. The van der Waals surface area contributed by atoms with E-state index in [-0.39, 0.29) is 6.09 Å². The SMILES string of the molecule is Cc1cccc(-c2ccc(NC[C@H]3CC[C@]4(CC3)CN(c3cccnn3)C(=O)O4)nc2)n1. The Hall–Kier alpha value is -3.55. The summed E-state index contributed by atoms with van der Waals surface area (Å²) in [7, 11) is 0. The summed E-state index contributed by atoms with van der Waals surface area (Å²) in [6.07, 6.45) is 6.84. The number of ether oxygens (including phenoxy) is 1. The Morgan fingerprint density at radius 3 is 2.75 bits per heavy atom. The van der Waals surface area contributed by atoms with Crippen molar-refractivity contribution in [3.8, 4) is 11.3 Å². The van der Waals surface area contributed by atoms with Gasteiger partial charge in [0.1, 0.15) is 11.4 Å². The molecule has 8 heteroatoms. The summed E-state index contributed by atoms with van der Waals surface area (Å²) >= 11 is 0. The third-order valence-electron chi connectivity index (χ3n) is 6.34. The molecule has 32 heavy (non-hydrogen) atoms. The first-order valence-corrected chi connectivity index (χ1v) is 11.0. The molecule has 0 unspecified atom stereocenters. The number of nitrogens with zero attached hydrogens (tertiary/aromatic N) is 5. The molecular formula is C24H26N6O2. The summed E-state index contributed by atoms with van der Waals surface area (Å²) < 4.78 is 5.81. The Balaban J connectivity index is 1.14. The number of amides is 1. The van der Waals surface area contributed by atoms with Crippen LogP contribution in [0.1, 0.15) is 31.4 Å². The van der Waals surface area contributed by atoms with Gasteiger partial charge in [0.15, 0.2) is 5.82 Å². The van der Waals surface area contributed by atoms with Gasteiger partial charge in [0.05, 0.1) is 12.2 Å². The van der Waals surface area contributed by atoms with E-state index in [0.29, 0.717) is 18.3 Å². The van der Waals surface area contributed by atoms with Crippen molar-refractivity contribution >= 4 is 17.7 Å². The monoisotopic (exact) mass is 430 g/mol.